The fourth-order valence-electron chi connectivity index (χ4n) is 5.35. The van der Waals surface area contributed by atoms with Crippen LogP contribution in [0.1, 0.15) is 51.2 Å². The number of carbonyl (C=O) groups is 2. The predicted molar refractivity (Wildman–Crippen MR) is 151 cm³/mol. The molecule has 0 heterocycles. The summed E-state index contributed by atoms with van der Waals surface area (Å²) in [5, 5.41) is 17.2. The lowest BCUT2D eigenvalue weighted by Gasteiger charge is -2.25. The standard InChI is InChI=1S/C31H43F2N3O4/c1-5-10-36(11-6-2)29(38)17-26-20(3)30(26)31(39)35-19-28(37)27(15-22-12-23(32)16-24(33)13-22)34-18-21-8-7-9-25(14-21)40-4/h7-9,12-14,16,20,26-28,30,34,37H,5-6,10-11,15,17-19H2,1-4H3,(H,35,39)/t20-,26+,27?,28+,30+/m0/s1. The van der Waals surface area contributed by atoms with Gasteiger partial charge in [-0.3, -0.25) is 9.59 Å². The molecule has 1 aliphatic rings. The van der Waals surface area contributed by atoms with Crippen molar-refractivity contribution >= 4 is 11.8 Å². The van der Waals surface area contributed by atoms with E-state index in [-0.39, 0.29) is 42.5 Å². The number of rotatable bonds is 16. The first-order valence-electron chi connectivity index (χ1n) is 14.2. The van der Waals surface area contributed by atoms with Gasteiger partial charge in [-0.15, -0.1) is 0 Å². The number of hydrogen-bond acceptors (Lipinski definition) is 5. The van der Waals surface area contributed by atoms with Crippen molar-refractivity contribution in [2.75, 3.05) is 26.7 Å². The molecule has 0 spiro atoms. The summed E-state index contributed by atoms with van der Waals surface area (Å²) >= 11 is 0. The summed E-state index contributed by atoms with van der Waals surface area (Å²) in [7, 11) is 1.58. The Morgan fingerprint density at radius 1 is 1.05 bits per heavy atom. The van der Waals surface area contributed by atoms with E-state index in [1.54, 1.807) is 7.11 Å². The first-order valence-corrected chi connectivity index (χ1v) is 14.2. The number of nitrogens with zero attached hydrogens (tertiary/aromatic N) is 1. The maximum absolute atomic E-state index is 13.8. The minimum Gasteiger partial charge on any atom is -0.497 e. The molecule has 1 aliphatic carbocycles. The second-order valence-electron chi connectivity index (χ2n) is 10.8. The molecule has 1 saturated carbocycles. The van der Waals surface area contributed by atoms with Crippen LogP contribution in [0.2, 0.25) is 0 Å². The van der Waals surface area contributed by atoms with Gasteiger partial charge in [0.1, 0.15) is 17.4 Å². The van der Waals surface area contributed by atoms with Crippen molar-refractivity contribution in [2.24, 2.45) is 17.8 Å². The van der Waals surface area contributed by atoms with Gasteiger partial charge in [0.15, 0.2) is 0 Å². The van der Waals surface area contributed by atoms with E-state index in [9.17, 15) is 23.5 Å². The Labute approximate surface area is 236 Å². The molecule has 1 fully saturated rings. The lowest BCUT2D eigenvalue weighted by atomic mass is 10.00. The smallest absolute Gasteiger partial charge is 0.223 e. The number of nitrogens with one attached hydrogen (secondary N) is 2. The Balaban J connectivity index is 1.61. The summed E-state index contributed by atoms with van der Waals surface area (Å²) in [6.07, 6.45) is 1.25. The molecule has 2 aromatic carbocycles. The molecule has 40 heavy (non-hydrogen) atoms. The van der Waals surface area contributed by atoms with Gasteiger partial charge in [0.2, 0.25) is 11.8 Å². The summed E-state index contributed by atoms with van der Waals surface area (Å²) in [4.78, 5) is 27.6. The molecule has 0 aliphatic heterocycles. The molecule has 0 saturated heterocycles. The predicted octanol–water partition coefficient (Wildman–Crippen LogP) is 4.07. The number of aliphatic hydroxyl groups excluding tert-OH is 1. The van der Waals surface area contributed by atoms with E-state index < -0.39 is 23.8 Å². The van der Waals surface area contributed by atoms with Crippen molar-refractivity contribution in [1.29, 1.82) is 0 Å². The van der Waals surface area contributed by atoms with Gasteiger partial charge in [0, 0.05) is 50.6 Å². The van der Waals surface area contributed by atoms with E-state index in [0.717, 1.165) is 37.6 Å². The van der Waals surface area contributed by atoms with Gasteiger partial charge in [-0.1, -0.05) is 32.9 Å². The molecule has 2 amide bonds. The minimum atomic E-state index is -1.03. The monoisotopic (exact) mass is 559 g/mol. The first-order chi connectivity index (χ1) is 19.2. The van der Waals surface area contributed by atoms with Crippen molar-refractivity contribution in [2.45, 2.75) is 65.1 Å². The summed E-state index contributed by atoms with van der Waals surface area (Å²) in [6, 6.07) is 10.1. The normalized spacial score (nSPS) is 19.5. The molecule has 0 bridgehead atoms. The topological polar surface area (TPSA) is 90.9 Å². The van der Waals surface area contributed by atoms with Gasteiger partial charge in [-0.05, 0) is 66.5 Å². The Hall–Kier alpha value is -3.04. The average molecular weight is 560 g/mol. The second kappa shape index (κ2) is 15.1. The van der Waals surface area contributed by atoms with Crippen LogP contribution >= 0.6 is 0 Å². The number of methoxy groups -OCH3 is 1. The molecule has 3 N–H and O–H groups in total. The van der Waals surface area contributed by atoms with Crippen molar-refractivity contribution in [3.63, 3.8) is 0 Å². The molecule has 3 rings (SSSR count). The van der Waals surface area contributed by atoms with Crippen LogP contribution < -0.4 is 15.4 Å². The first kappa shape index (κ1) is 31.5. The van der Waals surface area contributed by atoms with E-state index in [0.29, 0.717) is 24.3 Å². The summed E-state index contributed by atoms with van der Waals surface area (Å²) in [5.74, 6) is -1.00. The molecular formula is C31H43F2N3O4. The SMILES string of the molecule is CCCN(CCC)C(=O)C[C@@H]1[C@H](C)[C@H]1C(=O)NC[C@@H](O)C(Cc1cc(F)cc(F)c1)NCc1cccc(OC)c1. The molecule has 2 aromatic rings. The highest BCUT2D eigenvalue weighted by atomic mass is 19.1. The molecule has 220 valence electrons. The van der Waals surface area contributed by atoms with E-state index >= 15 is 0 Å². The Morgan fingerprint density at radius 3 is 2.35 bits per heavy atom. The average Bonchev–Trinajstić information content (AvgIpc) is 3.56. The Bertz CT molecular complexity index is 1110. The number of amides is 2. The number of carbonyl (C=O) groups excluding carboxylic acids is 2. The van der Waals surface area contributed by atoms with Crippen LogP contribution in [-0.2, 0) is 22.6 Å². The van der Waals surface area contributed by atoms with E-state index in [2.05, 4.69) is 10.6 Å². The van der Waals surface area contributed by atoms with Crippen LogP contribution in [0.25, 0.3) is 0 Å². The zero-order valence-corrected chi connectivity index (χ0v) is 24.0. The minimum absolute atomic E-state index is 0.0156. The summed E-state index contributed by atoms with van der Waals surface area (Å²) in [5.41, 5.74) is 1.30. The van der Waals surface area contributed by atoms with Crippen molar-refractivity contribution in [1.82, 2.24) is 15.5 Å². The van der Waals surface area contributed by atoms with Gasteiger partial charge in [-0.25, -0.2) is 8.78 Å². The van der Waals surface area contributed by atoms with Gasteiger partial charge < -0.3 is 25.4 Å². The quantitative estimate of drug-likeness (QED) is 0.289. The van der Waals surface area contributed by atoms with Crippen LogP contribution in [-0.4, -0.2) is 60.7 Å². The zero-order valence-electron chi connectivity index (χ0n) is 24.0. The number of halogens is 2. The van der Waals surface area contributed by atoms with Gasteiger partial charge in [-0.2, -0.15) is 0 Å². The number of ether oxygens (including phenoxy) is 1. The van der Waals surface area contributed by atoms with E-state index in [1.165, 1.54) is 12.1 Å². The zero-order chi connectivity index (χ0) is 29.2. The van der Waals surface area contributed by atoms with Crippen LogP contribution in [0, 0.1) is 29.4 Å². The van der Waals surface area contributed by atoms with Crippen LogP contribution in [0.3, 0.4) is 0 Å². The highest BCUT2D eigenvalue weighted by molar-refractivity contribution is 5.84. The molecule has 7 nitrogen and oxygen atoms in total. The van der Waals surface area contributed by atoms with Crippen LogP contribution in [0.5, 0.6) is 5.75 Å². The molecular weight excluding hydrogens is 516 g/mol. The highest BCUT2D eigenvalue weighted by Crippen LogP contribution is 2.48. The maximum atomic E-state index is 13.8. The van der Waals surface area contributed by atoms with E-state index in [4.69, 9.17) is 4.74 Å². The lowest BCUT2D eigenvalue weighted by molar-refractivity contribution is -0.131. The fraction of sp³-hybridized carbons (Fsp3) is 0.548. The van der Waals surface area contributed by atoms with Gasteiger partial charge in [0.25, 0.3) is 0 Å². The van der Waals surface area contributed by atoms with Crippen molar-refractivity contribution < 1.29 is 28.2 Å². The summed E-state index contributed by atoms with van der Waals surface area (Å²) < 4.78 is 33.0. The largest absolute Gasteiger partial charge is 0.497 e. The highest BCUT2D eigenvalue weighted by Gasteiger charge is 2.52. The fourth-order valence-corrected chi connectivity index (χ4v) is 5.35. The van der Waals surface area contributed by atoms with Crippen LogP contribution in [0.15, 0.2) is 42.5 Å². The molecule has 9 heteroatoms. The third-order valence-corrected chi connectivity index (χ3v) is 7.65. The molecule has 5 atom stereocenters. The second-order valence-corrected chi connectivity index (χ2v) is 10.8. The number of hydrogen-bond donors (Lipinski definition) is 3. The summed E-state index contributed by atoms with van der Waals surface area (Å²) in [6.45, 7) is 7.84. The maximum Gasteiger partial charge on any atom is 0.223 e. The molecule has 1 unspecified atom stereocenters. The van der Waals surface area contributed by atoms with Gasteiger partial charge in [0.05, 0.1) is 13.2 Å². The third-order valence-electron chi connectivity index (χ3n) is 7.65. The molecule has 0 aromatic heterocycles. The lowest BCUT2D eigenvalue weighted by Crippen LogP contribution is -2.47. The number of benzene rings is 2. The van der Waals surface area contributed by atoms with Crippen LogP contribution in [0.4, 0.5) is 8.78 Å². The Morgan fingerprint density at radius 2 is 1.73 bits per heavy atom. The van der Waals surface area contributed by atoms with Crippen molar-refractivity contribution in [3.8, 4) is 5.75 Å². The third kappa shape index (κ3) is 8.99. The van der Waals surface area contributed by atoms with E-state index in [1.807, 2.05) is 49.9 Å². The Kier molecular flexibility index (Phi) is 11.9. The number of aliphatic hydroxyl groups is 1. The molecule has 0 radical (unpaired) electrons. The van der Waals surface area contributed by atoms with Gasteiger partial charge >= 0.3 is 0 Å². The van der Waals surface area contributed by atoms with Crippen molar-refractivity contribution in [3.05, 3.63) is 65.2 Å².